The Bertz CT molecular complexity index is 415. The molecule has 106 valence electrons. The molecule has 0 heterocycles. The molecule has 1 fully saturated rings. The largest absolute Gasteiger partial charge is 0.369 e. The number of hydrogen-bond donors (Lipinski definition) is 1. The van der Waals surface area contributed by atoms with E-state index < -0.39 is 0 Å². The summed E-state index contributed by atoms with van der Waals surface area (Å²) in [6.45, 7) is 8.90. The van der Waals surface area contributed by atoms with Gasteiger partial charge in [-0.1, -0.05) is 28.9 Å². The molecule has 19 heavy (non-hydrogen) atoms. The summed E-state index contributed by atoms with van der Waals surface area (Å²) in [4.78, 5) is 2.56. The summed E-state index contributed by atoms with van der Waals surface area (Å²) in [6, 6.07) is 7.87. The highest BCUT2D eigenvalue weighted by molar-refractivity contribution is 9.10. The lowest BCUT2D eigenvalue weighted by atomic mass is 10.0. The molecule has 0 aliphatic heterocycles. The molecule has 0 spiro atoms. The minimum atomic E-state index is 0.413. The molecule has 1 atom stereocenters. The molecule has 1 aliphatic rings. The van der Waals surface area contributed by atoms with Gasteiger partial charge in [-0.3, -0.25) is 0 Å². The molecule has 0 amide bonds. The lowest BCUT2D eigenvalue weighted by Gasteiger charge is -2.28. The van der Waals surface area contributed by atoms with Gasteiger partial charge in [0.15, 0.2) is 0 Å². The number of benzene rings is 1. The maximum absolute atomic E-state index is 3.62. The van der Waals surface area contributed by atoms with Crippen molar-refractivity contribution in [2.75, 3.05) is 18.0 Å². The van der Waals surface area contributed by atoms with Crippen molar-refractivity contribution in [1.29, 1.82) is 0 Å². The van der Waals surface area contributed by atoms with Gasteiger partial charge in [-0.05, 0) is 57.4 Å². The van der Waals surface area contributed by atoms with Gasteiger partial charge in [-0.15, -0.1) is 0 Å². The van der Waals surface area contributed by atoms with Gasteiger partial charge >= 0.3 is 0 Å². The Morgan fingerprint density at radius 2 is 2.11 bits per heavy atom. The van der Waals surface area contributed by atoms with Gasteiger partial charge in [-0.2, -0.15) is 0 Å². The average molecular weight is 325 g/mol. The van der Waals surface area contributed by atoms with E-state index in [9.17, 15) is 0 Å². The summed E-state index contributed by atoms with van der Waals surface area (Å²) in [5, 5.41) is 3.60. The second-order valence-corrected chi connectivity index (χ2v) is 6.31. The smallest absolute Gasteiger partial charge is 0.0428 e. The van der Waals surface area contributed by atoms with E-state index in [4.69, 9.17) is 0 Å². The third-order valence-corrected chi connectivity index (χ3v) is 4.29. The van der Waals surface area contributed by atoms with Gasteiger partial charge in [0.25, 0.3) is 0 Å². The summed E-state index contributed by atoms with van der Waals surface area (Å²) >= 11 is 3.62. The molecular formula is C16H25BrN2. The molecule has 1 aliphatic carbocycles. The predicted octanol–water partition coefficient (Wildman–Crippen LogP) is 4.50. The van der Waals surface area contributed by atoms with Crippen molar-refractivity contribution in [1.82, 2.24) is 5.32 Å². The Labute approximate surface area is 125 Å². The van der Waals surface area contributed by atoms with E-state index in [0.717, 1.165) is 19.1 Å². The van der Waals surface area contributed by atoms with Crippen LogP contribution in [0.25, 0.3) is 0 Å². The number of rotatable bonds is 7. The molecule has 1 aromatic carbocycles. The van der Waals surface area contributed by atoms with Crippen LogP contribution in [0, 0.1) is 0 Å². The Hall–Kier alpha value is -0.540. The number of halogens is 1. The number of anilines is 1. The first-order chi connectivity index (χ1) is 9.17. The topological polar surface area (TPSA) is 15.3 Å². The van der Waals surface area contributed by atoms with E-state index in [-0.39, 0.29) is 0 Å². The fourth-order valence-corrected chi connectivity index (χ4v) is 2.96. The highest BCUT2D eigenvalue weighted by Crippen LogP contribution is 2.36. The average Bonchev–Trinajstić information content (AvgIpc) is 3.22. The molecule has 1 saturated carbocycles. The predicted molar refractivity (Wildman–Crippen MR) is 86.9 cm³/mol. The van der Waals surface area contributed by atoms with Crippen molar-refractivity contribution < 1.29 is 0 Å². The summed E-state index contributed by atoms with van der Waals surface area (Å²) in [5.41, 5.74) is 2.82. The molecule has 2 rings (SSSR count). The van der Waals surface area contributed by atoms with E-state index >= 15 is 0 Å². The number of nitrogens with one attached hydrogen (secondary N) is 1. The van der Waals surface area contributed by atoms with E-state index in [2.05, 4.69) is 65.1 Å². The Balaban J connectivity index is 2.25. The lowest BCUT2D eigenvalue weighted by molar-refractivity contribution is 0.569. The van der Waals surface area contributed by atoms with Crippen LogP contribution in [0.3, 0.4) is 0 Å². The zero-order valence-electron chi connectivity index (χ0n) is 12.2. The van der Waals surface area contributed by atoms with Crippen LogP contribution in [0.1, 0.15) is 51.6 Å². The first kappa shape index (κ1) is 14.9. The first-order valence-electron chi connectivity index (χ1n) is 7.46. The molecular weight excluding hydrogens is 300 g/mol. The second-order valence-electron chi connectivity index (χ2n) is 5.40. The maximum atomic E-state index is 3.62. The van der Waals surface area contributed by atoms with E-state index in [1.807, 2.05) is 0 Å². The van der Waals surface area contributed by atoms with E-state index in [1.54, 1.807) is 0 Å². The summed E-state index contributed by atoms with van der Waals surface area (Å²) in [7, 11) is 0. The van der Waals surface area contributed by atoms with Crippen molar-refractivity contribution in [2.24, 2.45) is 0 Å². The van der Waals surface area contributed by atoms with Crippen molar-refractivity contribution >= 4 is 21.6 Å². The third-order valence-electron chi connectivity index (χ3n) is 3.80. The van der Waals surface area contributed by atoms with Gasteiger partial charge in [0.2, 0.25) is 0 Å². The summed E-state index contributed by atoms with van der Waals surface area (Å²) < 4.78 is 1.17. The Morgan fingerprint density at radius 3 is 2.68 bits per heavy atom. The monoisotopic (exact) mass is 324 g/mol. The van der Waals surface area contributed by atoms with Gasteiger partial charge in [-0.25, -0.2) is 0 Å². The van der Waals surface area contributed by atoms with Gasteiger partial charge in [0, 0.05) is 28.8 Å². The van der Waals surface area contributed by atoms with Crippen LogP contribution in [-0.4, -0.2) is 19.1 Å². The van der Waals surface area contributed by atoms with Crippen molar-refractivity contribution in [3.8, 4) is 0 Å². The SMILES string of the molecule is CCCNC(C)c1ccc(Br)cc1N(CC)C1CC1. The van der Waals surface area contributed by atoms with Gasteiger partial charge < -0.3 is 10.2 Å². The molecule has 1 aromatic rings. The second kappa shape index (κ2) is 6.76. The van der Waals surface area contributed by atoms with Gasteiger partial charge in [0.05, 0.1) is 0 Å². The molecule has 3 heteroatoms. The van der Waals surface area contributed by atoms with Crippen LogP contribution in [0.5, 0.6) is 0 Å². The zero-order chi connectivity index (χ0) is 13.8. The minimum Gasteiger partial charge on any atom is -0.369 e. The number of hydrogen-bond acceptors (Lipinski definition) is 2. The molecule has 2 nitrogen and oxygen atoms in total. The standard InChI is InChI=1S/C16H25BrN2/c1-4-10-18-12(3)15-9-6-13(17)11-16(15)19(5-2)14-7-8-14/h6,9,11-12,14,18H,4-5,7-8,10H2,1-3H3. The van der Waals surface area contributed by atoms with Crippen LogP contribution < -0.4 is 10.2 Å². The fourth-order valence-electron chi connectivity index (χ4n) is 2.61. The normalized spacial score (nSPS) is 16.4. The van der Waals surface area contributed by atoms with Crippen LogP contribution in [0.2, 0.25) is 0 Å². The lowest BCUT2D eigenvalue weighted by Crippen LogP contribution is -2.28. The first-order valence-corrected chi connectivity index (χ1v) is 8.26. The summed E-state index contributed by atoms with van der Waals surface area (Å²) in [5.74, 6) is 0. The van der Waals surface area contributed by atoms with E-state index in [0.29, 0.717) is 6.04 Å². The Kier molecular flexibility index (Phi) is 5.28. The van der Waals surface area contributed by atoms with Crippen LogP contribution >= 0.6 is 15.9 Å². The minimum absolute atomic E-state index is 0.413. The molecule has 0 radical (unpaired) electrons. The van der Waals surface area contributed by atoms with Gasteiger partial charge in [0.1, 0.15) is 0 Å². The molecule has 0 aromatic heterocycles. The summed E-state index contributed by atoms with van der Waals surface area (Å²) in [6.07, 6.45) is 3.86. The van der Waals surface area contributed by atoms with Crippen molar-refractivity contribution in [3.63, 3.8) is 0 Å². The molecule has 0 saturated heterocycles. The van der Waals surface area contributed by atoms with Crippen LogP contribution in [0.4, 0.5) is 5.69 Å². The molecule has 1 N–H and O–H groups in total. The van der Waals surface area contributed by atoms with Crippen LogP contribution in [0.15, 0.2) is 22.7 Å². The molecule has 0 bridgehead atoms. The highest BCUT2D eigenvalue weighted by atomic mass is 79.9. The highest BCUT2D eigenvalue weighted by Gasteiger charge is 2.30. The van der Waals surface area contributed by atoms with Crippen molar-refractivity contribution in [2.45, 2.75) is 52.1 Å². The maximum Gasteiger partial charge on any atom is 0.0428 e. The van der Waals surface area contributed by atoms with E-state index in [1.165, 1.54) is 35.0 Å². The van der Waals surface area contributed by atoms with Crippen molar-refractivity contribution in [3.05, 3.63) is 28.2 Å². The molecule has 1 unspecified atom stereocenters. The van der Waals surface area contributed by atoms with Crippen LogP contribution in [-0.2, 0) is 0 Å². The fraction of sp³-hybridized carbons (Fsp3) is 0.625. The number of nitrogens with zero attached hydrogens (tertiary/aromatic N) is 1. The zero-order valence-corrected chi connectivity index (χ0v) is 13.8. The Morgan fingerprint density at radius 1 is 1.37 bits per heavy atom. The quantitative estimate of drug-likeness (QED) is 0.794. The third kappa shape index (κ3) is 3.73.